The highest BCUT2D eigenvalue weighted by atomic mass is 32.2. The van der Waals surface area contributed by atoms with Gasteiger partial charge in [0.25, 0.3) is 0 Å². The number of nitrogens with two attached hydrogens (primary N) is 1. The van der Waals surface area contributed by atoms with Crippen molar-refractivity contribution in [3.63, 3.8) is 0 Å². The molecule has 3 amide bonds. The van der Waals surface area contributed by atoms with Gasteiger partial charge in [0, 0.05) is 18.9 Å². The van der Waals surface area contributed by atoms with Crippen LogP contribution in [0.1, 0.15) is 12.8 Å². The van der Waals surface area contributed by atoms with Crippen molar-refractivity contribution in [2.24, 2.45) is 5.73 Å². The second kappa shape index (κ2) is 7.93. The molecule has 2 unspecified atom stereocenters. The predicted molar refractivity (Wildman–Crippen MR) is 84.8 cm³/mol. The van der Waals surface area contributed by atoms with Crippen LogP contribution in [0.2, 0.25) is 0 Å². The summed E-state index contributed by atoms with van der Waals surface area (Å²) in [5, 5.41) is 8.13. The van der Waals surface area contributed by atoms with Crippen LogP contribution in [0.15, 0.2) is 24.3 Å². The summed E-state index contributed by atoms with van der Waals surface area (Å²) >= 11 is 1.14. The molecule has 0 radical (unpaired) electrons. The first-order valence-corrected chi connectivity index (χ1v) is 7.98. The number of para-hydroxylation sites is 1. The van der Waals surface area contributed by atoms with E-state index in [1.165, 1.54) is 18.2 Å². The van der Waals surface area contributed by atoms with E-state index in [1.54, 1.807) is 6.07 Å². The number of primary amides is 1. The van der Waals surface area contributed by atoms with E-state index in [9.17, 15) is 18.8 Å². The molecule has 0 saturated carbocycles. The molecule has 23 heavy (non-hydrogen) atoms. The number of halogens is 1. The van der Waals surface area contributed by atoms with Crippen molar-refractivity contribution in [3.05, 3.63) is 30.1 Å². The van der Waals surface area contributed by atoms with Crippen LogP contribution in [-0.2, 0) is 14.4 Å². The van der Waals surface area contributed by atoms with Gasteiger partial charge in [0.1, 0.15) is 11.3 Å². The molecule has 0 bridgehead atoms. The second-order valence-corrected chi connectivity index (χ2v) is 6.12. The van der Waals surface area contributed by atoms with Crippen LogP contribution in [0.25, 0.3) is 0 Å². The fourth-order valence-corrected chi connectivity index (χ4v) is 3.01. The maximum Gasteiger partial charge on any atom is 0.234 e. The Morgan fingerprint density at radius 1 is 1.39 bits per heavy atom. The third-order valence-corrected chi connectivity index (χ3v) is 4.10. The third-order valence-electron chi connectivity index (χ3n) is 3.09. The highest BCUT2D eigenvalue weighted by Crippen LogP contribution is 2.16. The van der Waals surface area contributed by atoms with Gasteiger partial charge in [-0.25, -0.2) is 4.39 Å². The zero-order valence-electron chi connectivity index (χ0n) is 12.2. The molecule has 1 heterocycles. The molecule has 5 N–H and O–H groups in total. The number of nitrogens with one attached hydrogen (secondary N) is 3. The van der Waals surface area contributed by atoms with Crippen molar-refractivity contribution < 1.29 is 18.8 Å². The van der Waals surface area contributed by atoms with E-state index >= 15 is 0 Å². The van der Waals surface area contributed by atoms with Crippen molar-refractivity contribution in [2.75, 3.05) is 11.1 Å². The van der Waals surface area contributed by atoms with Gasteiger partial charge in [0.15, 0.2) is 0 Å². The number of amides is 3. The summed E-state index contributed by atoms with van der Waals surface area (Å²) in [5.41, 5.74) is 4.71. The number of anilines is 1. The topological polar surface area (TPSA) is 113 Å². The number of thioether (sulfide) groups is 1. The van der Waals surface area contributed by atoms with E-state index < -0.39 is 23.1 Å². The monoisotopic (exact) mass is 340 g/mol. The minimum atomic E-state index is -0.517. The van der Waals surface area contributed by atoms with Crippen LogP contribution in [0.4, 0.5) is 10.1 Å². The molecule has 0 aliphatic carbocycles. The highest BCUT2D eigenvalue weighted by molar-refractivity contribution is 8.00. The molecule has 0 spiro atoms. The van der Waals surface area contributed by atoms with E-state index in [-0.39, 0.29) is 36.2 Å². The number of hydrogen-bond acceptors (Lipinski definition) is 5. The maximum absolute atomic E-state index is 13.4. The van der Waals surface area contributed by atoms with Gasteiger partial charge >= 0.3 is 0 Å². The van der Waals surface area contributed by atoms with Crippen LogP contribution in [0, 0.1) is 5.82 Å². The van der Waals surface area contributed by atoms with Gasteiger partial charge in [-0.3, -0.25) is 19.7 Å². The normalized spacial score (nSPS) is 20.7. The summed E-state index contributed by atoms with van der Waals surface area (Å²) in [5.74, 6) is -1.62. The van der Waals surface area contributed by atoms with E-state index in [1.807, 2.05) is 0 Å². The molecule has 1 aliphatic heterocycles. The third kappa shape index (κ3) is 5.53. The van der Waals surface area contributed by atoms with Crippen LogP contribution >= 0.6 is 11.8 Å². The lowest BCUT2D eigenvalue weighted by Crippen LogP contribution is -2.55. The molecule has 7 nitrogen and oxygen atoms in total. The quantitative estimate of drug-likeness (QED) is 0.588. The molecule has 1 aliphatic rings. The van der Waals surface area contributed by atoms with Gasteiger partial charge in [-0.1, -0.05) is 12.1 Å². The maximum atomic E-state index is 13.4. The van der Waals surface area contributed by atoms with E-state index in [4.69, 9.17) is 5.73 Å². The molecule has 1 fully saturated rings. The standard InChI is InChI=1S/C14H17FN4O3S/c15-9-3-1-2-4-10(9)18-13(22)7-23-14-17-8(5-11(16)20)6-12(21)19-14/h1-4,8,14,17H,5-7H2,(H2,16,20)(H,18,22)(H,19,21). The lowest BCUT2D eigenvalue weighted by molar-refractivity contribution is -0.124. The summed E-state index contributed by atoms with van der Waals surface area (Å²) in [4.78, 5) is 34.3. The van der Waals surface area contributed by atoms with Crippen molar-refractivity contribution in [1.29, 1.82) is 0 Å². The molecule has 2 rings (SSSR count). The first-order chi connectivity index (χ1) is 10.9. The summed E-state index contributed by atoms with van der Waals surface area (Å²) in [6, 6.07) is 5.50. The SMILES string of the molecule is NC(=O)CC1CC(=O)NC(SCC(=O)Nc2ccccc2F)N1. The van der Waals surface area contributed by atoms with Crippen LogP contribution in [-0.4, -0.2) is 35.0 Å². The lowest BCUT2D eigenvalue weighted by Gasteiger charge is -2.30. The molecule has 0 aromatic heterocycles. The summed E-state index contributed by atoms with van der Waals surface area (Å²) in [6.45, 7) is 0. The summed E-state index contributed by atoms with van der Waals surface area (Å²) in [6.07, 6.45) is 0.202. The van der Waals surface area contributed by atoms with Gasteiger partial charge in [-0.15, -0.1) is 11.8 Å². The Morgan fingerprint density at radius 2 is 2.13 bits per heavy atom. The summed E-state index contributed by atoms with van der Waals surface area (Å²) < 4.78 is 13.4. The number of rotatable bonds is 6. The minimum absolute atomic E-state index is 0.00950. The van der Waals surface area contributed by atoms with Crippen molar-refractivity contribution in [2.45, 2.75) is 24.4 Å². The number of carbonyl (C=O) groups excluding carboxylic acids is 3. The average Bonchev–Trinajstić information content (AvgIpc) is 2.46. The minimum Gasteiger partial charge on any atom is -0.370 e. The largest absolute Gasteiger partial charge is 0.370 e. The lowest BCUT2D eigenvalue weighted by atomic mass is 10.1. The number of hydrogen-bond donors (Lipinski definition) is 4. The Bertz CT molecular complexity index is 611. The van der Waals surface area contributed by atoms with Crippen molar-refractivity contribution >= 4 is 35.2 Å². The Hall–Kier alpha value is -2.13. The fourth-order valence-electron chi connectivity index (χ4n) is 2.12. The zero-order valence-corrected chi connectivity index (χ0v) is 13.0. The van der Waals surface area contributed by atoms with Gasteiger partial charge in [0.05, 0.1) is 11.4 Å². The molecule has 124 valence electrons. The van der Waals surface area contributed by atoms with Crippen LogP contribution in [0.5, 0.6) is 0 Å². The Labute approximate surface area is 136 Å². The molecular weight excluding hydrogens is 323 g/mol. The van der Waals surface area contributed by atoms with Crippen LogP contribution < -0.4 is 21.7 Å². The predicted octanol–water partition coefficient (Wildman–Crippen LogP) is 0.135. The van der Waals surface area contributed by atoms with Gasteiger partial charge in [-0.05, 0) is 12.1 Å². The van der Waals surface area contributed by atoms with Crippen molar-refractivity contribution in [3.8, 4) is 0 Å². The van der Waals surface area contributed by atoms with Crippen LogP contribution in [0.3, 0.4) is 0 Å². The zero-order chi connectivity index (χ0) is 16.8. The van der Waals surface area contributed by atoms with E-state index in [0.717, 1.165) is 11.8 Å². The Balaban J connectivity index is 1.82. The van der Waals surface area contributed by atoms with Gasteiger partial charge in [-0.2, -0.15) is 0 Å². The van der Waals surface area contributed by atoms with E-state index in [0.29, 0.717) is 0 Å². The summed E-state index contributed by atoms with van der Waals surface area (Å²) in [7, 11) is 0. The fraction of sp³-hybridized carbons (Fsp3) is 0.357. The molecule has 1 saturated heterocycles. The Kier molecular flexibility index (Phi) is 5.94. The first kappa shape index (κ1) is 17.2. The molecule has 9 heteroatoms. The molecular formula is C14H17FN4O3S. The molecule has 1 aromatic rings. The number of carbonyl (C=O) groups is 3. The smallest absolute Gasteiger partial charge is 0.234 e. The van der Waals surface area contributed by atoms with Crippen molar-refractivity contribution in [1.82, 2.24) is 10.6 Å². The molecule has 1 aromatic carbocycles. The Morgan fingerprint density at radius 3 is 2.83 bits per heavy atom. The molecule has 2 atom stereocenters. The first-order valence-electron chi connectivity index (χ1n) is 6.93. The van der Waals surface area contributed by atoms with Gasteiger partial charge in [0.2, 0.25) is 17.7 Å². The van der Waals surface area contributed by atoms with E-state index in [2.05, 4.69) is 16.0 Å². The average molecular weight is 340 g/mol. The number of benzene rings is 1. The van der Waals surface area contributed by atoms with Gasteiger partial charge < -0.3 is 16.4 Å². The second-order valence-electron chi connectivity index (χ2n) is 5.02. The highest BCUT2D eigenvalue weighted by Gasteiger charge is 2.27.